The lowest BCUT2D eigenvalue weighted by molar-refractivity contribution is -0.122. The Morgan fingerprint density at radius 1 is 1.79 bits per heavy atom. The molecule has 0 radical (unpaired) electrons. The number of rotatable bonds is 4. The molecule has 84 valence electrons. The Labute approximate surface area is 99.9 Å². The van der Waals surface area contributed by atoms with E-state index in [0.29, 0.717) is 5.25 Å². The van der Waals surface area contributed by atoms with Gasteiger partial charge >= 0.3 is 0 Å². The van der Waals surface area contributed by atoms with Crippen molar-refractivity contribution in [3.8, 4) is 0 Å². The quantitative estimate of drug-likeness (QED) is 0.786. The van der Waals surface area contributed by atoms with E-state index in [1.165, 1.54) is 0 Å². The lowest BCUT2D eigenvalue weighted by Crippen LogP contribution is -2.43. The first-order chi connectivity index (χ1) is 6.24. The molecule has 3 nitrogen and oxygen atoms in total. The SMILES string of the molecule is CSC(C)CNC(=O)C1CSCN1.Cl. The summed E-state index contributed by atoms with van der Waals surface area (Å²) in [6.45, 7) is 2.88. The fraction of sp³-hybridized carbons (Fsp3) is 0.875. The highest BCUT2D eigenvalue weighted by Gasteiger charge is 2.22. The van der Waals surface area contributed by atoms with Crippen LogP contribution in [-0.2, 0) is 4.79 Å². The molecule has 6 heteroatoms. The highest BCUT2D eigenvalue weighted by Crippen LogP contribution is 2.09. The molecule has 1 heterocycles. The maximum absolute atomic E-state index is 11.5. The third-order valence-corrected chi connectivity index (χ3v) is 3.91. The Kier molecular flexibility index (Phi) is 7.91. The average Bonchev–Trinajstić information content (AvgIpc) is 2.66. The monoisotopic (exact) mass is 256 g/mol. The number of amides is 1. The molecule has 1 fully saturated rings. The van der Waals surface area contributed by atoms with E-state index in [9.17, 15) is 4.79 Å². The van der Waals surface area contributed by atoms with Crippen LogP contribution in [0.25, 0.3) is 0 Å². The summed E-state index contributed by atoms with van der Waals surface area (Å²) in [6.07, 6.45) is 2.06. The van der Waals surface area contributed by atoms with Crippen LogP contribution in [0.4, 0.5) is 0 Å². The molecular weight excluding hydrogens is 240 g/mol. The van der Waals surface area contributed by atoms with Crippen LogP contribution in [0.1, 0.15) is 6.92 Å². The Morgan fingerprint density at radius 3 is 3.00 bits per heavy atom. The molecule has 2 atom stereocenters. The minimum atomic E-state index is 0. The van der Waals surface area contributed by atoms with Gasteiger partial charge in [-0.15, -0.1) is 24.2 Å². The van der Waals surface area contributed by atoms with Crippen LogP contribution in [0.5, 0.6) is 0 Å². The predicted molar refractivity (Wildman–Crippen MR) is 67.5 cm³/mol. The van der Waals surface area contributed by atoms with Crippen molar-refractivity contribution in [2.75, 3.05) is 24.4 Å². The molecule has 0 bridgehead atoms. The molecule has 2 N–H and O–H groups in total. The van der Waals surface area contributed by atoms with Gasteiger partial charge < -0.3 is 5.32 Å². The van der Waals surface area contributed by atoms with E-state index < -0.39 is 0 Å². The molecule has 1 rings (SSSR count). The first-order valence-corrected chi connectivity index (χ1v) is 6.80. The summed E-state index contributed by atoms with van der Waals surface area (Å²) < 4.78 is 0. The molecule has 1 aliphatic heterocycles. The van der Waals surface area contributed by atoms with E-state index in [0.717, 1.165) is 18.2 Å². The van der Waals surface area contributed by atoms with Crippen LogP contribution in [-0.4, -0.2) is 41.6 Å². The van der Waals surface area contributed by atoms with E-state index in [1.807, 2.05) is 0 Å². The normalized spacial score (nSPS) is 22.6. The fourth-order valence-corrected chi connectivity index (χ4v) is 2.21. The van der Waals surface area contributed by atoms with Crippen LogP contribution < -0.4 is 10.6 Å². The standard InChI is InChI=1S/C8H16N2OS2.ClH/c1-6(12-2)3-9-8(11)7-4-13-5-10-7;/h6-7,10H,3-5H2,1-2H3,(H,9,11);1H. The zero-order valence-electron chi connectivity index (χ0n) is 8.41. The number of hydrogen-bond acceptors (Lipinski definition) is 4. The van der Waals surface area contributed by atoms with Gasteiger partial charge in [-0.25, -0.2) is 0 Å². The number of hydrogen-bond donors (Lipinski definition) is 2. The second-order valence-corrected chi connectivity index (χ2v) is 5.37. The van der Waals surface area contributed by atoms with Gasteiger partial charge in [0.25, 0.3) is 0 Å². The van der Waals surface area contributed by atoms with E-state index in [-0.39, 0.29) is 24.4 Å². The first-order valence-electron chi connectivity index (χ1n) is 4.35. The van der Waals surface area contributed by atoms with Gasteiger partial charge in [0.05, 0.1) is 6.04 Å². The molecule has 1 saturated heterocycles. The van der Waals surface area contributed by atoms with Gasteiger partial charge in [0, 0.05) is 23.4 Å². The summed E-state index contributed by atoms with van der Waals surface area (Å²) in [7, 11) is 0. The molecule has 1 amide bonds. The fourth-order valence-electron chi connectivity index (χ4n) is 1.01. The number of halogens is 1. The summed E-state index contributed by atoms with van der Waals surface area (Å²) in [5, 5.41) is 6.58. The smallest absolute Gasteiger partial charge is 0.238 e. The lowest BCUT2D eigenvalue weighted by atomic mass is 10.3. The second-order valence-electron chi connectivity index (χ2n) is 3.06. The maximum Gasteiger partial charge on any atom is 0.238 e. The number of carbonyl (C=O) groups is 1. The summed E-state index contributed by atoms with van der Waals surface area (Å²) in [6, 6.07) is 0.0269. The van der Waals surface area contributed by atoms with Crippen molar-refractivity contribution in [3.05, 3.63) is 0 Å². The zero-order valence-corrected chi connectivity index (χ0v) is 10.9. The number of carbonyl (C=O) groups excluding carboxylic acids is 1. The Morgan fingerprint density at radius 2 is 2.50 bits per heavy atom. The Balaban J connectivity index is 0.00000169. The van der Waals surface area contributed by atoms with Crippen molar-refractivity contribution in [2.24, 2.45) is 0 Å². The molecule has 0 spiro atoms. The van der Waals surface area contributed by atoms with Crippen molar-refractivity contribution >= 4 is 41.8 Å². The summed E-state index contributed by atoms with van der Waals surface area (Å²) in [5.74, 6) is 1.95. The van der Waals surface area contributed by atoms with E-state index >= 15 is 0 Å². The maximum atomic E-state index is 11.5. The first kappa shape index (κ1) is 14.4. The van der Waals surface area contributed by atoms with E-state index in [2.05, 4.69) is 23.8 Å². The van der Waals surface area contributed by atoms with E-state index in [1.54, 1.807) is 23.5 Å². The number of thioether (sulfide) groups is 2. The van der Waals surface area contributed by atoms with Crippen molar-refractivity contribution in [2.45, 2.75) is 18.2 Å². The Bertz CT molecular complexity index is 177. The summed E-state index contributed by atoms with van der Waals surface area (Å²) in [5.41, 5.74) is 0. The zero-order chi connectivity index (χ0) is 9.68. The van der Waals surface area contributed by atoms with Gasteiger partial charge in [0.2, 0.25) is 5.91 Å². The molecule has 0 aliphatic carbocycles. The highest BCUT2D eigenvalue weighted by atomic mass is 35.5. The second kappa shape index (κ2) is 7.68. The van der Waals surface area contributed by atoms with Crippen molar-refractivity contribution in [1.82, 2.24) is 10.6 Å². The lowest BCUT2D eigenvalue weighted by Gasteiger charge is -2.13. The topological polar surface area (TPSA) is 41.1 Å². The third-order valence-electron chi connectivity index (χ3n) is 2.00. The van der Waals surface area contributed by atoms with Gasteiger partial charge in [-0.3, -0.25) is 10.1 Å². The molecule has 2 unspecified atom stereocenters. The van der Waals surface area contributed by atoms with Crippen LogP contribution in [0, 0.1) is 0 Å². The predicted octanol–water partition coefficient (Wildman–Crippen LogP) is 0.938. The van der Waals surface area contributed by atoms with Gasteiger partial charge in [0.15, 0.2) is 0 Å². The minimum absolute atomic E-state index is 0. The molecule has 0 saturated carbocycles. The van der Waals surface area contributed by atoms with Gasteiger partial charge in [-0.1, -0.05) is 6.92 Å². The van der Waals surface area contributed by atoms with Crippen LogP contribution >= 0.6 is 35.9 Å². The summed E-state index contributed by atoms with van der Waals surface area (Å²) in [4.78, 5) is 11.5. The van der Waals surface area contributed by atoms with Crippen molar-refractivity contribution < 1.29 is 4.79 Å². The molecule has 0 aromatic rings. The Hall–Kier alpha value is 0.420. The molecular formula is C8H17ClN2OS2. The largest absolute Gasteiger partial charge is 0.354 e. The van der Waals surface area contributed by atoms with Gasteiger partial charge in [-0.05, 0) is 6.26 Å². The average molecular weight is 257 g/mol. The van der Waals surface area contributed by atoms with Crippen LogP contribution in [0.2, 0.25) is 0 Å². The molecule has 1 aliphatic rings. The van der Waals surface area contributed by atoms with Gasteiger partial charge in [0.1, 0.15) is 0 Å². The third kappa shape index (κ3) is 4.77. The van der Waals surface area contributed by atoms with Crippen LogP contribution in [0.15, 0.2) is 0 Å². The van der Waals surface area contributed by atoms with E-state index in [4.69, 9.17) is 0 Å². The van der Waals surface area contributed by atoms with Crippen LogP contribution in [0.3, 0.4) is 0 Å². The van der Waals surface area contributed by atoms with Crippen molar-refractivity contribution in [1.29, 1.82) is 0 Å². The van der Waals surface area contributed by atoms with Crippen molar-refractivity contribution in [3.63, 3.8) is 0 Å². The van der Waals surface area contributed by atoms with Gasteiger partial charge in [-0.2, -0.15) is 11.8 Å². The highest BCUT2D eigenvalue weighted by molar-refractivity contribution is 7.99. The molecule has 14 heavy (non-hydrogen) atoms. The molecule has 0 aromatic heterocycles. The number of nitrogens with one attached hydrogen (secondary N) is 2. The summed E-state index contributed by atoms with van der Waals surface area (Å²) >= 11 is 3.54. The minimum Gasteiger partial charge on any atom is -0.354 e. The molecule has 0 aromatic carbocycles.